The molecule has 1 aliphatic rings. The van der Waals surface area contributed by atoms with Crippen LogP contribution in [0.1, 0.15) is 32.0 Å². The van der Waals surface area contributed by atoms with Crippen molar-refractivity contribution in [3.05, 3.63) is 78.1 Å². The summed E-state index contributed by atoms with van der Waals surface area (Å²) in [6.07, 6.45) is 1.96. The molecule has 3 heterocycles. The molecule has 0 bridgehead atoms. The van der Waals surface area contributed by atoms with Crippen LogP contribution < -0.4 is 9.80 Å². The number of anilines is 2. The van der Waals surface area contributed by atoms with Crippen molar-refractivity contribution < 1.29 is 0 Å². The third-order valence-electron chi connectivity index (χ3n) is 6.37. The average Bonchev–Trinajstić information content (AvgIpc) is 3.23. The summed E-state index contributed by atoms with van der Waals surface area (Å²) in [6, 6.07) is 21.3. The van der Waals surface area contributed by atoms with Gasteiger partial charge in [0.15, 0.2) is 5.65 Å². The monoisotopic (exact) mass is 425 g/mol. The molecular formula is C27H31N5. The topological polar surface area (TPSA) is 36.7 Å². The second-order valence-corrected chi connectivity index (χ2v) is 9.67. The lowest BCUT2D eigenvalue weighted by Gasteiger charge is -2.38. The zero-order valence-corrected chi connectivity index (χ0v) is 19.4. The molecule has 0 amide bonds. The van der Waals surface area contributed by atoms with Crippen LogP contribution in [0.5, 0.6) is 0 Å². The molecule has 1 aliphatic heterocycles. The van der Waals surface area contributed by atoms with Crippen LogP contribution >= 0.6 is 0 Å². The van der Waals surface area contributed by atoms with Crippen molar-refractivity contribution >= 4 is 17.2 Å². The summed E-state index contributed by atoms with van der Waals surface area (Å²) in [7, 11) is 0. The fourth-order valence-electron chi connectivity index (χ4n) is 4.47. The minimum atomic E-state index is -0.0439. The van der Waals surface area contributed by atoms with Crippen molar-refractivity contribution in [1.82, 2.24) is 14.6 Å². The van der Waals surface area contributed by atoms with E-state index in [1.54, 1.807) is 0 Å². The average molecular weight is 426 g/mol. The van der Waals surface area contributed by atoms with E-state index in [-0.39, 0.29) is 5.41 Å². The Morgan fingerprint density at radius 2 is 1.47 bits per heavy atom. The quantitative estimate of drug-likeness (QED) is 0.445. The first-order valence-electron chi connectivity index (χ1n) is 11.4. The van der Waals surface area contributed by atoms with Gasteiger partial charge >= 0.3 is 0 Å². The largest absolute Gasteiger partial charge is 0.368 e. The highest BCUT2D eigenvalue weighted by Gasteiger charge is 2.25. The van der Waals surface area contributed by atoms with Crippen molar-refractivity contribution in [3.63, 3.8) is 0 Å². The number of benzene rings is 2. The number of fused-ring (bicyclic) bond motifs is 1. The first kappa shape index (κ1) is 20.6. The SMILES string of the molecule is Cc1ccccc1N1CCN(c2cc(C(C)(C)C)nc3c(-c4ccccc4)cnn23)CC1. The van der Waals surface area contributed by atoms with Crippen LogP contribution in [0.15, 0.2) is 66.9 Å². The molecule has 0 spiro atoms. The van der Waals surface area contributed by atoms with Gasteiger partial charge in [-0.3, -0.25) is 0 Å². The normalized spacial score (nSPS) is 14.9. The number of para-hydroxylation sites is 1. The Bertz CT molecular complexity index is 1230. The van der Waals surface area contributed by atoms with E-state index in [9.17, 15) is 0 Å². The standard InChI is InChI=1S/C27H31N5/c1-20-10-8-9-13-23(20)30-14-16-31(17-15-30)25-18-24(27(2,3)4)29-26-22(19-28-32(25)26)21-11-6-5-7-12-21/h5-13,18-19H,14-17H2,1-4H3. The van der Waals surface area contributed by atoms with Crippen LogP contribution in [0.4, 0.5) is 11.5 Å². The summed E-state index contributed by atoms with van der Waals surface area (Å²) in [4.78, 5) is 10.0. The van der Waals surface area contributed by atoms with E-state index in [2.05, 4.69) is 92.1 Å². The third kappa shape index (κ3) is 3.72. The van der Waals surface area contributed by atoms with Crippen LogP contribution in [0.3, 0.4) is 0 Å². The number of aromatic nitrogens is 3. The number of hydrogen-bond acceptors (Lipinski definition) is 4. The molecule has 2 aromatic carbocycles. The number of nitrogens with zero attached hydrogens (tertiary/aromatic N) is 5. The summed E-state index contributed by atoms with van der Waals surface area (Å²) in [5, 5.41) is 4.78. The van der Waals surface area contributed by atoms with Gasteiger partial charge in [0.1, 0.15) is 5.82 Å². The van der Waals surface area contributed by atoms with E-state index < -0.39 is 0 Å². The molecule has 5 heteroatoms. The van der Waals surface area contributed by atoms with Gasteiger partial charge in [0.05, 0.1) is 11.9 Å². The van der Waals surface area contributed by atoms with Gasteiger partial charge in [-0.05, 0) is 24.1 Å². The van der Waals surface area contributed by atoms with Gasteiger partial charge in [0, 0.05) is 48.9 Å². The smallest absolute Gasteiger partial charge is 0.165 e. The molecule has 1 saturated heterocycles. The van der Waals surface area contributed by atoms with E-state index in [0.717, 1.165) is 54.5 Å². The highest BCUT2D eigenvalue weighted by atomic mass is 15.4. The second kappa shape index (κ2) is 7.97. The predicted octanol–water partition coefficient (Wildman–Crippen LogP) is 5.33. The first-order chi connectivity index (χ1) is 15.4. The number of aryl methyl sites for hydroxylation is 1. The Kier molecular flexibility index (Phi) is 5.12. The maximum Gasteiger partial charge on any atom is 0.165 e. The molecule has 5 rings (SSSR count). The Morgan fingerprint density at radius 3 is 2.16 bits per heavy atom. The molecule has 0 saturated carbocycles. The zero-order valence-electron chi connectivity index (χ0n) is 19.4. The lowest BCUT2D eigenvalue weighted by atomic mass is 9.91. The van der Waals surface area contributed by atoms with Crippen LogP contribution in [0.25, 0.3) is 16.8 Å². The van der Waals surface area contributed by atoms with E-state index in [1.165, 1.54) is 11.3 Å². The van der Waals surface area contributed by atoms with Crippen molar-refractivity contribution in [1.29, 1.82) is 0 Å². The number of piperazine rings is 1. The van der Waals surface area contributed by atoms with Gasteiger partial charge < -0.3 is 9.80 Å². The van der Waals surface area contributed by atoms with E-state index in [1.807, 2.05) is 16.8 Å². The third-order valence-corrected chi connectivity index (χ3v) is 6.37. The second-order valence-electron chi connectivity index (χ2n) is 9.67. The molecule has 0 radical (unpaired) electrons. The highest BCUT2D eigenvalue weighted by Crippen LogP contribution is 2.31. The summed E-state index contributed by atoms with van der Waals surface area (Å²) in [5.41, 5.74) is 6.89. The number of rotatable bonds is 3. The Balaban J connectivity index is 1.53. The minimum Gasteiger partial charge on any atom is -0.368 e. The Hall–Kier alpha value is -3.34. The molecule has 2 aromatic heterocycles. The number of hydrogen-bond donors (Lipinski definition) is 0. The molecule has 32 heavy (non-hydrogen) atoms. The van der Waals surface area contributed by atoms with E-state index >= 15 is 0 Å². The summed E-state index contributed by atoms with van der Waals surface area (Å²) < 4.78 is 2.03. The maximum absolute atomic E-state index is 5.08. The van der Waals surface area contributed by atoms with Gasteiger partial charge in [-0.1, -0.05) is 69.3 Å². The van der Waals surface area contributed by atoms with Gasteiger partial charge in [-0.15, -0.1) is 0 Å². The van der Waals surface area contributed by atoms with Gasteiger partial charge in [-0.25, -0.2) is 4.98 Å². The van der Waals surface area contributed by atoms with Crippen LogP contribution in [-0.2, 0) is 5.41 Å². The molecule has 0 aliphatic carbocycles. The van der Waals surface area contributed by atoms with Crippen molar-refractivity contribution in [3.8, 4) is 11.1 Å². The summed E-state index contributed by atoms with van der Waals surface area (Å²) in [5.74, 6) is 1.13. The van der Waals surface area contributed by atoms with E-state index in [0.29, 0.717) is 0 Å². The van der Waals surface area contributed by atoms with Crippen LogP contribution in [0.2, 0.25) is 0 Å². The lowest BCUT2D eigenvalue weighted by Crippen LogP contribution is -2.47. The molecule has 164 valence electrons. The molecule has 0 atom stereocenters. The molecule has 1 fully saturated rings. The van der Waals surface area contributed by atoms with Gasteiger partial charge in [0.2, 0.25) is 0 Å². The Labute approximate surface area is 190 Å². The summed E-state index contributed by atoms with van der Waals surface area (Å²) in [6.45, 7) is 12.8. The van der Waals surface area contributed by atoms with Crippen molar-refractivity contribution in [2.24, 2.45) is 0 Å². The van der Waals surface area contributed by atoms with Gasteiger partial charge in [-0.2, -0.15) is 9.61 Å². The molecule has 0 unspecified atom stereocenters. The Morgan fingerprint density at radius 1 is 0.812 bits per heavy atom. The van der Waals surface area contributed by atoms with Gasteiger partial charge in [0.25, 0.3) is 0 Å². The molecule has 0 N–H and O–H groups in total. The zero-order chi connectivity index (χ0) is 22.3. The lowest BCUT2D eigenvalue weighted by molar-refractivity contribution is 0.565. The van der Waals surface area contributed by atoms with Crippen molar-refractivity contribution in [2.45, 2.75) is 33.1 Å². The van der Waals surface area contributed by atoms with E-state index in [4.69, 9.17) is 10.1 Å². The fourth-order valence-corrected chi connectivity index (χ4v) is 4.47. The maximum atomic E-state index is 5.08. The molecule has 4 aromatic rings. The van der Waals surface area contributed by atoms with Crippen LogP contribution in [0, 0.1) is 6.92 Å². The highest BCUT2D eigenvalue weighted by molar-refractivity contribution is 5.78. The molecule has 5 nitrogen and oxygen atoms in total. The predicted molar refractivity (Wildman–Crippen MR) is 133 cm³/mol. The van der Waals surface area contributed by atoms with Crippen LogP contribution in [-0.4, -0.2) is 40.8 Å². The summed E-state index contributed by atoms with van der Waals surface area (Å²) >= 11 is 0. The fraction of sp³-hybridized carbons (Fsp3) is 0.333. The minimum absolute atomic E-state index is 0.0439. The molecular weight excluding hydrogens is 394 g/mol. The van der Waals surface area contributed by atoms with Crippen molar-refractivity contribution in [2.75, 3.05) is 36.0 Å². The first-order valence-corrected chi connectivity index (χ1v) is 11.4.